The van der Waals surface area contributed by atoms with E-state index in [1.807, 2.05) is 0 Å². The van der Waals surface area contributed by atoms with Gasteiger partial charge in [-0.3, -0.25) is 0 Å². The SMILES string of the molecule is O=C([O-])c1ccccc1C(=O)[O-].c1ccc([I+]c2ccccc2)cc1.c1ccc([I+]c2ccccc2)cc1. The van der Waals surface area contributed by atoms with Crippen molar-refractivity contribution in [3.8, 4) is 0 Å². The summed E-state index contributed by atoms with van der Waals surface area (Å²) in [5.74, 6) is -3.04. The molecule has 0 amide bonds. The maximum Gasteiger partial charge on any atom is 0.357 e. The molecule has 0 fully saturated rings. The summed E-state index contributed by atoms with van der Waals surface area (Å²) >= 11 is 0.0574. The second kappa shape index (κ2) is 16.4. The van der Waals surface area contributed by atoms with Crippen LogP contribution in [0.4, 0.5) is 0 Å². The Balaban J connectivity index is 0.000000158. The summed E-state index contributed by atoms with van der Waals surface area (Å²) in [5.41, 5.74) is -0.727. The van der Waals surface area contributed by atoms with Crippen molar-refractivity contribution in [3.63, 3.8) is 0 Å². The number of hydrogen-bond donors (Lipinski definition) is 0. The third-order valence-electron chi connectivity index (χ3n) is 4.74. The van der Waals surface area contributed by atoms with Crippen molar-refractivity contribution in [1.82, 2.24) is 0 Å². The van der Waals surface area contributed by atoms with Gasteiger partial charge in [0.2, 0.25) is 0 Å². The van der Waals surface area contributed by atoms with Crippen LogP contribution in [0.5, 0.6) is 0 Å². The molecule has 0 N–H and O–H groups in total. The Morgan fingerprint density at radius 1 is 0.368 bits per heavy atom. The maximum atomic E-state index is 10.3. The number of rotatable bonds is 6. The molecule has 0 heterocycles. The van der Waals surface area contributed by atoms with E-state index in [0.29, 0.717) is 0 Å². The molecule has 0 aliphatic rings. The minimum atomic E-state index is -1.52. The van der Waals surface area contributed by atoms with E-state index in [4.69, 9.17) is 0 Å². The van der Waals surface area contributed by atoms with Crippen molar-refractivity contribution in [2.75, 3.05) is 0 Å². The van der Waals surface area contributed by atoms with Crippen LogP contribution in [0.15, 0.2) is 146 Å². The first-order valence-electron chi connectivity index (χ1n) is 11.5. The molecule has 5 aromatic rings. The van der Waals surface area contributed by atoms with Gasteiger partial charge in [-0.05, 0) is 48.5 Å². The molecule has 5 aromatic carbocycles. The van der Waals surface area contributed by atoms with E-state index >= 15 is 0 Å². The molecule has 38 heavy (non-hydrogen) atoms. The van der Waals surface area contributed by atoms with Crippen molar-refractivity contribution >= 4 is 11.9 Å². The van der Waals surface area contributed by atoms with Crippen LogP contribution in [0, 0.1) is 14.3 Å². The summed E-state index contributed by atoms with van der Waals surface area (Å²) in [5, 5.41) is 20.6. The lowest BCUT2D eigenvalue weighted by molar-refractivity contribution is -0.597. The highest BCUT2D eigenvalue weighted by Gasteiger charge is 2.13. The predicted molar refractivity (Wildman–Crippen MR) is 136 cm³/mol. The molecule has 0 aromatic heterocycles. The number of aromatic carboxylic acids is 2. The monoisotopic (exact) mass is 726 g/mol. The number of halogens is 2. The van der Waals surface area contributed by atoms with E-state index in [1.54, 1.807) is 0 Å². The highest BCUT2D eigenvalue weighted by Crippen LogP contribution is 2.05. The van der Waals surface area contributed by atoms with Gasteiger partial charge in [0.15, 0.2) is 14.3 Å². The normalized spacial score (nSPS) is 9.68. The molecule has 4 nitrogen and oxygen atoms in total. The van der Waals surface area contributed by atoms with Crippen LogP contribution in [0.3, 0.4) is 0 Å². The molecular formula is C32H24I2O4. The lowest BCUT2D eigenvalue weighted by atomic mass is 10.1. The number of hydrogen-bond acceptors (Lipinski definition) is 4. The fourth-order valence-corrected chi connectivity index (χ4v) is 7.54. The highest BCUT2D eigenvalue weighted by atomic mass is 127. The molecule has 6 heteroatoms. The molecule has 190 valence electrons. The lowest BCUT2D eigenvalue weighted by Gasteiger charge is -2.09. The smallest absolute Gasteiger partial charge is 0.357 e. The number of benzene rings is 5. The van der Waals surface area contributed by atoms with E-state index in [2.05, 4.69) is 121 Å². The van der Waals surface area contributed by atoms with E-state index in [-0.39, 0.29) is 53.5 Å². The number of carbonyl (C=O) groups is 2. The third kappa shape index (κ3) is 10.5. The lowest BCUT2D eigenvalue weighted by Crippen LogP contribution is -3.61. The zero-order valence-corrected chi connectivity index (χ0v) is 24.6. The van der Waals surface area contributed by atoms with Gasteiger partial charge in [0.05, 0.1) is 11.9 Å². The molecule has 0 saturated carbocycles. The molecule has 0 unspecified atom stereocenters. The molecular weight excluding hydrogens is 702 g/mol. The van der Waals surface area contributed by atoms with Crippen molar-refractivity contribution in [3.05, 3.63) is 171 Å². The summed E-state index contributed by atoms with van der Waals surface area (Å²) in [4.78, 5) is 20.6. The van der Waals surface area contributed by atoms with Gasteiger partial charge >= 0.3 is 42.4 Å². The topological polar surface area (TPSA) is 80.3 Å². The van der Waals surface area contributed by atoms with Gasteiger partial charge in [0.25, 0.3) is 0 Å². The van der Waals surface area contributed by atoms with Gasteiger partial charge in [-0.15, -0.1) is 0 Å². The van der Waals surface area contributed by atoms with E-state index in [9.17, 15) is 19.8 Å². The number of carbonyl (C=O) groups excluding carboxylic acids is 2. The second-order valence-electron chi connectivity index (χ2n) is 7.49. The minimum Gasteiger partial charge on any atom is -0.545 e. The van der Waals surface area contributed by atoms with Crippen LogP contribution in [-0.2, 0) is 0 Å². The summed E-state index contributed by atoms with van der Waals surface area (Å²) < 4.78 is 5.92. The van der Waals surface area contributed by atoms with Crippen molar-refractivity contribution in [2.24, 2.45) is 0 Å². The zero-order valence-electron chi connectivity index (χ0n) is 20.2. The quantitative estimate of drug-likeness (QED) is 0.191. The summed E-state index contributed by atoms with van der Waals surface area (Å²) in [6.45, 7) is 0. The Morgan fingerprint density at radius 2 is 0.579 bits per heavy atom. The van der Waals surface area contributed by atoms with Crippen molar-refractivity contribution in [2.45, 2.75) is 0 Å². The Morgan fingerprint density at radius 3 is 0.789 bits per heavy atom. The van der Waals surface area contributed by atoms with Gasteiger partial charge in [-0.25, -0.2) is 0 Å². The van der Waals surface area contributed by atoms with Crippen LogP contribution in [0.1, 0.15) is 20.7 Å². The Labute approximate surface area is 243 Å². The summed E-state index contributed by atoms with van der Waals surface area (Å²) in [7, 11) is 0. The largest absolute Gasteiger partial charge is 0.545 e. The van der Waals surface area contributed by atoms with Crippen LogP contribution in [0.25, 0.3) is 0 Å². The van der Waals surface area contributed by atoms with Gasteiger partial charge < -0.3 is 19.8 Å². The average molecular weight is 726 g/mol. The zero-order chi connectivity index (χ0) is 27.0. The highest BCUT2D eigenvalue weighted by molar-refractivity contribution is 5.99. The number of carboxylic acid groups (broad SMARTS) is 2. The van der Waals surface area contributed by atoms with E-state index in [1.165, 1.54) is 26.4 Å². The standard InChI is InChI=1S/2C12H10I.C8H6O4/c2*1-3-7-11(8-4-1)13-12-9-5-2-6-10-12;9-7(10)5-3-1-2-4-6(5)8(11)12/h2*1-10H;1-4H,(H,9,10)(H,11,12)/q2*+1;/p-2. The summed E-state index contributed by atoms with van der Waals surface area (Å²) in [6, 6.07) is 47.9. The van der Waals surface area contributed by atoms with Gasteiger partial charge in [-0.2, -0.15) is 0 Å². The first kappa shape index (κ1) is 29.1. The summed E-state index contributed by atoms with van der Waals surface area (Å²) in [6.07, 6.45) is 0. The van der Waals surface area contributed by atoms with Crippen LogP contribution in [-0.4, -0.2) is 11.9 Å². The van der Waals surface area contributed by atoms with E-state index in [0.717, 1.165) is 12.1 Å². The van der Waals surface area contributed by atoms with Crippen molar-refractivity contribution < 1.29 is 62.2 Å². The molecule has 0 spiro atoms. The molecule has 5 rings (SSSR count). The van der Waals surface area contributed by atoms with Crippen molar-refractivity contribution in [1.29, 1.82) is 0 Å². The maximum absolute atomic E-state index is 10.3. The van der Waals surface area contributed by atoms with E-state index < -0.39 is 11.9 Å². The van der Waals surface area contributed by atoms with Crippen LogP contribution >= 0.6 is 0 Å². The molecule has 0 radical (unpaired) electrons. The minimum absolute atomic E-state index is 0.0287. The average Bonchev–Trinajstić information content (AvgIpc) is 2.96. The molecule has 0 bridgehead atoms. The fraction of sp³-hybridized carbons (Fsp3) is 0. The Kier molecular flexibility index (Phi) is 12.5. The molecule has 0 saturated heterocycles. The fourth-order valence-electron chi connectivity index (χ4n) is 3.00. The molecule has 0 atom stereocenters. The van der Waals surface area contributed by atoms with Gasteiger partial charge in [0, 0.05) is 11.1 Å². The van der Waals surface area contributed by atoms with Gasteiger partial charge in [0.1, 0.15) is 0 Å². The van der Waals surface area contributed by atoms with Crippen LogP contribution in [0.2, 0.25) is 0 Å². The molecule has 0 aliphatic heterocycles. The predicted octanol–water partition coefficient (Wildman–Crippen LogP) is -1.96. The number of carboxylic acids is 2. The van der Waals surface area contributed by atoms with Crippen LogP contribution < -0.4 is 52.6 Å². The Hall–Kier alpha value is -3.50. The van der Waals surface area contributed by atoms with Gasteiger partial charge in [-0.1, -0.05) is 97.1 Å². The first-order valence-corrected chi connectivity index (χ1v) is 15.9. The molecule has 0 aliphatic carbocycles. The second-order valence-corrected chi connectivity index (χ2v) is 13.6. The Bertz CT molecular complexity index is 1210. The third-order valence-corrected chi connectivity index (χ3v) is 10.1. The first-order chi connectivity index (χ1) is 18.5.